The lowest BCUT2D eigenvalue weighted by Gasteiger charge is -2.43. The van der Waals surface area contributed by atoms with E-state index in [1.807, 2.05) is 72.9 Å². The van der Waals surface area contributed by atoms with Gasteiger partial charge >= 0.3 is 0 Å². The minimum atomic E-state index is -1.76. The van der Waals surface area contributed by atoms with E-state index < -0.39 is 37.6 Å². The van der Waals surface area contributed by atoms with Crippen molar-refractivity contribution in [1.82, 2.24) is 14.5 Å². The van der Waals surface area contributed by atoms with Crippen LogP contribution in [0.2, 0.25) is 13.1 Å². The number of nitrogens with zero attached hydrogens (tertiary/aromatic N) is 2. The molecule has 0 bridgehead atoms. The predicted molar refractivity (Wildman–Crippen MR) is 145 cm³/mol. The molecular weight excluding hydrogens is 530 g/mol. The third kappa shape index (κ3) is 6.10. The summed E-state index contributed by atoms with van der Waals surface area (Å²) < 4.78 is 29.4. The standard InChI is InChI=1S/C25H42BrN3O5Si/c1-22(2,3)31-14-16-18(33-23(4,5)6)19(34-24(7,8)9)25(32-16,35(10)11)29-15-12-13-27-20(30)17(15)28-21(29)26/h12-13,16,18-19,35H,14H2,1-11H3,(H,27,30)/t16-,18-,19-,25-/m1/s1. The largest absolute Gasteiger partial charge is 0.373 e. The molecule has 3 rings (SSSR count). The normalized spacial score (nSPS) is 26.3. The predicted octanol–water partition coefficient (Wildman–Crippen LogP) is 4.75. The monoisotopic (exact) mass is 571 g/mol. The molecule has 8 nitrogen and oxygen atoms in total. The van der Waals surface area contributed by atoms with Crippen LogP contribution in [0, 0.1) is 0 Å². The second-order valence-electron chi connectivity index (χ2n) is 12.6. The van der Waals surface area contributed by atoms with E-state index in [0.29, 0.717) is 22.4 Å². The van der Waals surface area contributed by atoms with Crippen molar-refractivity contribution in [2.24, 2.45) is 0 Å². The molecule has 0 saturated carbocycles. The van der Waals surface area contributed by atoms with Crippen LogP contribution in [-0.4, -0.2) is 65.1 Å². The molecule has 0 aliphatic carbocycles. The highest BCUT2D eigenvalue weighted by Gasteiger charge is 2.62. The quantitative estimate of drug-likeness (QED) is 0.503. The van der Waals surface area contributed by atoms with Crippen LogP contribution in [0.25, 0.3) is 11.0 Å². The zero-order valence-electron chi connectivity index (χ0n) is 23.0. The van der Waals surface area contributed by atoms with Gasteiger partial charge in [-0.25, -0.2) is 4.98 Å². The van der Waals surface area contributed by atoms with Gasteiger partial charge in [-0.05, 0) is 84.3 Å². The van der Waals surface area contributed by atoms with Crippen molar-refractivity contribution in [2.45, 2.75) is 116 Å². The number of H-pyrrole nitrogens is 1. The van der Waals surface area contributed by atoms with Crippen LogP contribution in [0.1, 0.15) is 62.3 Å². The summed E-state index contributed by atoms with van der Waals surface area (Å²) in [5.41, 5.74) is -0.448. The number of ether oxygens (including phenoxy) is 4. The molecule has 35 heavy (non-hydrogen) atoms. The molecule has 1 N–H and O–H groups in total. The van der Waals surface area contributed by atoms with Crippen molar-refractivity contribution in [1.29, 1.82) is 0 Å². The van der Waals surface area contributed by atoms with Crippen molar-refractivity contribution >= 4 is 35.8 Å². The molecule has 0 unspecified atom stereocenters. The minimum absolute atomic E-state index is 0.246. The van der Waals surface area contributed by atoms with E-state index in [2.05, 4.69) is 39.0 Å². The molecule has 0 radical (unpaired) electrons. The number of imidazole rings is 1. The van der Waals surface area contributed by atoms with E-state index in [-0.39, 0.29) is 17.3 Å². The van der Waals surface area contributed by atoms with Gasteiger partial charge < -0.3 is 23.9 Å². The molecule has 1 saturated heterocycles. The Morgan fingerprint density at radius 1 is 1.09 bits per heavy atom. The number of nitrogens with one attached hydrogen (secondary N) is 1. The van der Waals surface area contributed by atoms with Crippen LogP contribution in [0.5, 0.6) is 0 Å². The highest BCUT2D eigenvalue weighted by Crippen LogP contribution is 2.46. The Hall–Kier alpha value is -1.04. The Kier molecular flexibility index (Phi) is 7.89. The topological polar surface area (TPSA) is 87.6 Å². The van der Waals surface area contributed by atoms with Crippen LogP contribution in [-0.2, 0) is 24.3 Å². The Balaban J connectivity index is 2.29. The van der Waals surface area contributed by atoms with Gasteiger partial charge in [0.2, 0.25) is 0 Å². The minimum Gasteiger partial charge on any atom is -0.373 e. The van der Waals surface area contributed by atoms with Gasteiger partial charge in [0, 0.05) is 6.20 Å². The summed E-state index contributed by atoms with van der Waals surface area (Å²) in [6.07, 6.45) is 0.387. The van der Waals surface area contributed by atoms with Crippen LogP contribution in [0.3, 0.4) is 0 Å². The Morgan fingerprint density at radius 2 is 1.69 bits per heavy atom. The Bertz CT molecular complexity index is 1100. The lowest BCUT2D eigenvalue weighted by Crippen LogP contribution is -2.58. The fourth-order valence-electron chi connectivity index (χ4n) is 4.57. The van der Waals surface area contributed by atoms with Gasteiger partial charge in [-0.1, -0.05) is 13.1 Å². The molecule has 3 heterocycles. The van der Waals surface area contributed by atoms with Gasteiger partial charge in [0.1, 0.15) is 18.3 Å². The van der Waals surface area contributed by atoms with E-state index in [0.717, 1.165) is 0 Å². The van der Waals surface area contributed by atoms with Crippen LogP contribution >= 0.6 is 15.9 Å². The molecule has 2 aromatic rings. The molecule has 0 amide bonds. The summed E-state index contributed by atoms with van der Waals surface area (Å²) in [6.45, 7) is 23.1. The molecule has 10 heteroatoms. The Labute approximate surface area is 218 Å². The van der Waals surface area contributed by atoms with Gasteiger partial charge in [-0.3, -0.25) is 9.36 Å². The highest BCUT2D eigenvalue weighted by molar-refractivity contribution is 9.10. The number of halogens is 1. The molecule has 1 aliphatic rings. The third-order valence-corrected chi connectivity index (χ3v) is 8.69. The molecule has 2 aromatic heterocycles. The first-order valence-electron chi connectivity index (χ1n) is 12.3. The van der Waals surface area contributed by atoms with E-state index in [1.54, 1.807) is 6.20 Å². The summed E-state index contributed by atoms with van der Waals surface area (Å²) in [7, 11) is -1.76. The lowest BCUT2D eigenvalue weighted by molar-refractivity contribution is -0.174. The molecule has 198 valence electrons. The summed E-state index contributed by atoms with van der Waals surface area (Å²) in [5, 5.41) is -0.892. The number of aromatic amines is 1. The smallest absolute Gasteiger partial charge is 0.276 e. The maximum atomic E-state index is 12.6. The lowest BCUT2D eigenvalue weighted by atomic mass is 10.1. The molecule has 0 aromatic carbocycles. The van der Waals surface area contributed by atoms with Crippen molar-refractivity contribution in [3.05, 3.63) is 27.4 Å². The highest BCUT2D eigenvalue weighted by atomic mass is 79.9. The van der Waals surface area contributed by atoms with Crippen LogP contribution in [0.4, 0.5) is 0 Å². The zero-order valence-corrected chi connectivity index (χ0v) is 25.7. The fourth-order valence-corrected chi connectivity index (χ4v) is 7.55. The summed E-state index contributed by atoms with van der Waals surface area (Å²) >= 11 is 3.65. The maximum Gasteiger partial charge on any atom is 0.276 e. The van der Waals surface area contributed by atoms with Crippen molar-refractivity contribution in [3.63, 3.8) is 0 Å². The van der Waals surface area contributed by atoms with Crippen LogP contribution in [0.15, 0.2) is 21.8 Å². The van der Waals surface area contributed by atoms with E-state index >= 15 is 0 Å². The molecule has 1 fully saturated rings. The SMILES string of the molecule is C[SiH](C)[C@]1(n2c(Br)nc3c(=O)[nH]ccc32)O[C@H](COC(C)(C)C)[C@@H](OC(C)(C)C)[C@H]1OC(C)(C)C. The molecule has 4 atom stereocenters. The maximum absolute atomic E-state index is 12.6. The van der Waals surface area contributed by atoms with E-state index in [4.69, 9.17) is 18.9 Å². The first-order valence-corrected chi connectivity index (χ1v) is 16.0. The zero-order chi connectivity index (χ0) is 26.6. The van der Waals surface area contributed by atoms with Gasteiger partial charge in [0.05, 0.1) is 37.7 Å². The first kappa shape index (κ1) is 28.5. The van der Waals surface area contributed by atoms with Gasteiger partial charge in [0.15, 0.2) is 15.6 Å². The summed E-state index contributed by atoms with van der Waals surface area (Å²) in [6, 6.07) is 1.86. The summed E-state index contributed by atoms with van der Waals surface area (Å²) in [4.78, 5) is 19.9. The summed E-state index contributed by atoms with van der Waals surface area (Å²) in [5.74, 6) is 0. The van der Waals surface area contributed by atoms with Gasteiger partial charge in [-0.15, -0.1) is 0 Å². The van der Waals surface area contributed by atoms with E-state index in [1.165, 1.54) is 0 Å². The average Bonchev–Trinajstić information content (AvgIpc) is 3.14. The molecular formula is C25H42BrN3O5Si. The Morgan fingerprint density at radius 3 is 2.20 bits per heavy atom. The van der Waals surface area contributed by atoms with E-state index in [9.17, 15) is 4.79 Å². The van der Waals surface area contributed by atoms with Crippen molar-refractivity contribution in [3.8, 4) is 0 Å². The van der Waals surface area contributed by atoms with Crippen molar-refractivity contribution in [2.75, 3.05) is 6.61 Å². The van der Waals surface area contributed by atoms with Gasteiger partial charge in [-0.2, -0.15) is 0 Å². The number of pyridine rings is 1. The number of hydrogen-bond donors (Lipinski definition) is 1. The average molecular weight is 573 g/mol. The van der Waals surface area contributed by atoms with Gasteiger partial charge in [0.25, 0.3) is 5.56 Å². The van der Waals surface area contributed by atoms with Crippen LogP contribution < -0.4 is 5.56 Å². The third-order valence-electron chi connectivity index (χ3n) is 5.78. The van der Waals surface area contributed by atoms with Crippen molar-refractivity contribution < 1.29 is 18.9 Å². The second kappa shape index (κ2) is 9.68. The second-order valence-corrected chi connectivity index (χ2v) is 16.4. The number of hydrogen-bond acceptors (Lipinski definition) is 6. The molecule has 1 aliphatic heterocycles. The number of fused-ring (bicyclic) bond motifs is 1. The number of rotatable bonds is 6. The number of aromatic nitrogens is 3. The fraction of sp³-hybridized carbons (Fsp3) is 0.760. The molecule has 0 spiro atoms. The first-order chi connectivity index (χ1) is 15.9.